The van der Waals surface area contributed by atoms with Crippen LogP contribution in [0.3, 0.4) is 0 Å². The van der Waals surface area contributed by atoms with Gasteiger partial charge in [-0.3, -0.25) is 5.32 Å². The van der Waals surface area contributed by atoms with E-state index in [0.29, 0.717) is 6.54 Å². The molecule has 2 atom stereocenters. The highest BCUT2D eigenvalue weighted by Gasteiger charge is 2.12. The highest BCUT2D eigenvalue weighted by atomic mass is 32.1. The summed E-state index contributed by atoms with van der Waals surface area (Å²) >= 11 is 1.82. The van der Waals surface area contributed by atoms with Gasteiger partial charge in [0.25, 0.3) is 0 Å². The van der Waals surface area contributed by atoms with Gasteiger partial charge < -0.3 is 10.2 Å². The lowest BCUT2D eigenvalue weighted by Crippen LogP contribution is -2.35. The fourth-order valence-electron chi connectivity index (χ4n) is 3.15. The molecule has 0 spiro atoms. The molecule has 2 unspecified atom stereocenters. The number of aliphatic hydroxyl groups excluding tert-OH is 2. The molecule has 0 bridgehead atoms. The Morgan fingerprint density at radius 2 is 1.80 bits per heavy atom. The molecule has 4 rings (SSSR count). The van der Waals surface area contributed by atoms with Crippen LogP contribution in [-0.2, 0) is 6.54 Å². The average molecular weight is 351 g/mol. The summed E-state index contributed by atoms with van der Waals surface area (Å²) in [6.07, 6.45) is -0.703. The van der Waals surface area contributed by atoms with Crippen molar-refractivity contribution < 1.29 is 10.2 Å². The van der Waals surface area contributed by atoms with E-state index < -0.39 is 6.23 Å². The van der Waals surface area contributed by atoms with E-state index in [1.54, 1.807) is 0 Å². The van der Waals surface area contributed by atoms with Gasteiger partial charge in [0.15, 0.2) is 0 Å². The number of benzene rings is 3. The van der Waals surface area contributed by atoms with E-state index in [9.17, 15) is 5.11 Å². The van der Waals surface area contributed by atoms with Crippen LogP contribution in [-0.4, -0.2) is 23.0 Å². The van der Waals surface area contributed by atoms with E-state index in [2.05, 4.69) is 59.9 Å². The van der Waals surface area contributed by atoms with Crippen molar-refractivity contribution in [3.63, 3.8) is 0 Å². The maximum Gasteiger partial charge on any atom is 0.109 e. The van der Waals surface area contributed by atoms with Crippen LogP contribution in [0.5, 0.6) is 0 Å². The summed E-state index contributed by atoms with van der Waals surface area (Å²) in [5.74, 6) is -0.182. The summed E-state index contributed by atoms with van der Waals surface area (Å²) in [4.78, 5) is 0. The molecule has 0 fully saturated rings. The minimum atomic E-state index is -0.703. The molecule has 4 heteroatoms. The minimum absolute atomic E-state index is 0.0319. The summed E-state index contributed by atoms with van der Waals surface area (Å²) in [5, 5.41) is 27.2. The van der Waals surface area contributed by atoms with Crippen molar-refractivity contribution in [1.29, 1.82) is 0 Å². The minimum Gasteiger partial charge on any atom is -0.396 e. The van der Waals surface area contributed by atoms with Crippen LogP contribution >= 0.6 is 11.3 Å². The number of rotatable bonds is 5. The molecule has 0 aliphatic rings. The van der Waals surface area contributed by atoms with E-state index in [0.717, 1.165) is 5.56 Å². The molecule has 3 nitrogen and oxygen atoms in total. The van der Waals surface area contributed by atoms with Crippen molar-refractivity contribution in [3.8, 4) is 0 Å². The van der Waals surface area contributed by atoms with Gasteiger partial charge in [-0.05, 0) is 40.6 Å². The van der Waals surface area contributed by atoms with Crippen molar-refractivity contribution in [1.82, 2.24) is 5.32 Å². The highest BCUT2D eigenvalue weighted by Crippen LogP contribution is 2.36. The number of hydrogen-bond acceptors (Lipinski definition) is 4. The second-order valence-electron chi connectivity index (χ2n) is 6.61. The van der Waals surface area contributed by atoms with Crippen LogP contribution in [0.2, 0.25) is 0 Å². The van der Waals surface area contributed by atoms with Crippen molar-refractivity contribution in [2.24, 2.45) is 5.92 Å². The summed E-state index contributed by atoms with van der Waals surface area (Å²) in [5.41, 5.74) is 1.12. The zero-order valence-electron chi connectivity index (χ0n) is 14.1. The SMILES string of the molecule is CC(CO)C(O)NCc1ccc2cc3c(cc2c1)sc1ccccc13. The van der Waals surface area contributed by atoms with Gasteiger partial charge in [-0.15, -0.1) is 11.3 Å². The lowest BCUT2D eigenvalue weighted by molar-refractivity contribution is 0.0495. The first-order chi connectivity index (χ1) is 12.2. The standard InChI is InChI=1S/C21H21NO2S/c1-13(12-23)21(24)22-11-14-6-7-15-9-18-17-4-2-3-5-19(17)25-20(18)10-16(15)8-14/h2-10,13,21-24H,11-12H2,1H3. The quantitative estimate of drug-likeness (QED) is 0.471. The summed E-state index contributed by atoms with van der Waals surface area (Å²) in [7, 11) is 0. The van der Waals surface area contributed by atoms with Crippen LogP contribution in [0.4, 0.5) is 0 Å². The Hall–Kier alpha value is -1.98. The molecule has 0 radical (unpaired) electrons. The van der Waals surface area contributed by atoms with E-state index in [4.69, 9.17) is 5.11 Å². The first kappa shape index (κ1) is 16.5. The fourth-order valence-corrected chi connectivity index (χ4v) is 4.29. The average Bonchev–Trinajstić information content (AvgIpc) is 3.00. The van der Waals surface area contributed by atoms with Crippen molar-refractivity contribution >= 4 is 42.3 Å². The molecular weight excluding hydrogens is 330 g/mol. The van der Waals surface area contributed by atoms with E-state index >= 15 is 0 Å². The number of aliphatic hydroxyl groups is 2. The van der Waals surface area contributed by atoms with Gasteiger partial charge in [-0.1, -0.05) is 37.3 Å². The lowest BCUT2D eigenvalue weighted by atomic mass is 10.0. The molecule has 0 saturated heterocycles. The topological polar surface area (TPSA) is 52.5 Å². The molecule has 25 heavy (non-hydrogen) atoms. The summed E-state index contributed by atoms with van der Waals surface area (Å²) in [6, 6.07) is 19.4. The van der Waals surface area contributed by atoms with Gasteiger partial charge in [0.05, 0.1) is 0 Å². The third-order valence-corrected chi connectivity index (χ3v) is 5.88. The van der Waals surface area contributed by atoms with Crippen molar-refractivity contribution in [2.75, 3.05) is 6.61 Å². The Balaban J connectivity index is 1.68. The Morgan fingerprint density at radius 3 is 2.64 bits per heavy atom. The number of hydrogen-bond donors (Lipinski definition) is 3. The summed E-state index contributed by atoms with van der Waals surface area (Å²) in [6.45, 7) is 2.36. The van der Waals surface area contributed by atoms with Gasteiger partial charge in [0.2, 0.25) is 0 Å². The molecule has 3 N–H and O–H groups in total. The highest BCUT2D eigenvalue weighted by molar-refractivity contribution is 7.25. The largest absolute Gasteiger partial charge is 0.396 e. The first-order valence-electron chi connectivity index (χ1n) is 8.52. The van der Waals surface area contributed by atoms with Gasteiger partial charge in [0, 0.05) is 39.2 Å². The van der Waals surface area contributed by atoms with E-state index in [1.807, 2.05) is 18.3 Å². The summed E-state index contributed by atoms with van der Waals surface area (Å²) < 4.78 is 2.61. The van der Waals surface area contributed by atoms with Crippen LogP contribution in [0.25, 0.3) is 30.9 Å². The van der Waals surface area contributed by atoms with Gasteiger partial charge >= 0.3 is 0 Å². The normalized spacial score (nSPS) is 14.4. The van der Waals surface area contributed by atoms with Crippen molar-refractivity contribution in [3.05, 3.63) is 60.2 Å². The number of nitrogens with one attached hydrogen (secondary N) is 1. The van der Waals surface area contributed by atoms with Crippen LogP contribution < -0.4 is 5.32 Å². The van der Waals surface area contributed by atoms with E-state index in [1.165, 1.54) is 30.9 Å². The van der Waals surface area contributed by atoms with Crippen LogP contribution in [0, 0.1) is 5.92 Å². The second-order valence-corrected chi connectivity index (χ2v) is 7.70. The van der Waals surface area contributed by atoms with Gasteiger partial charge in [-0.2, -0.15) is 0 Å². The zero-order valence-corrected chi connectivity index (χ0v) is 14.9. The fraction of sp³-hybridized carbons (Fsp3) is 0.238. The number of fused-ring (bicyclic) bond motifs is 4. The molecule has 1 aromatic heterocycles. The van der Waals surface area contributed by atoms with E-state index in [-0.39, 0.29) is 12.5 Å². The Labute approximate surface area is 150 Å². The van der Waals surface area contributed by atoms with Gasteiger partial charge in [-0.25, -0.2) is 0 Å². The molecule has 0 aliphatic carbocycles. The maximum absolute atomic E-state index is 9.94. The second kappa shape index (κ2) is 6.73. The molecule has 3 aromatic carbocycles. The van der Waals surface area contributed by atoms with Gasteiger partial charge in [0.1, 0.15) is 6.23 Å². The monoisotopic (exact) mass is 351 g/mol. The third kappa shape index (κ3) is 3.14. The molecule has 1 heterocycles. The Kier molecular flexibility index (Phi) is 4.44. The molecule has 0 aliphatic heterocycles. The molecule has 4 aromatic rings. The molecule has 0 amide bonds. The first-order valence-corrected chi connectivity index (χ1v) is 9.33. The predicted molar refractivity (Wildman–Crippen MR) is 106 cm³/mol. The Bertz CT molecular complexity index is 1040. The molecule has 128 valence electrons. The number of thiophene rings is 1. The predicted octanol–water partition coefficient (Wildman–Crippen LogP) is 4.24. The Morgan fingerprint density at radius 1 is 0.960 bits per heavy atom. The molecule has 0 saturated carbocycles. The maximum atomic E-state index is 9.94. The van der Waals surface area contributed by atoms with Crippen LogP contribution in [0.15, 0.2) is 54.6 Å². The zero-order chi connectivity index (χ0) is 17.4. The van der Waals surface area contributed by atoms with Crippen LogP contribution in [0.1, 0.15) is 12.5 Å². The smallest absolute Gasteiger partial charge is 0.109 e. The molecular formula is C21H21NO2S. The third-order valence-electron chi connectivity index (χ3n) is 4.74. The van der Waals surface area contributed by atoms with Crippen molar-refractivity contribution in [2.45, 2.75) is 19.7 Å². The lowest BCUT2D eigenvalue weighted by Gasteiger charge is -2.18.